The maximum atomic E-state index is 12.5. The molecule has 0 atom stereocenters. The van der Waals surface area contributed by atoms with Crippen LogP contribution in [0.2, 0.25) is 0 Å². The van der Waals surface area contributed by atoms with Crippen LogP contribution in [0.25, 0.3) is 0 Å². The lowest BCUT2D eigenvalue weighted by molar-refractivity contribution is -0.131. The van der Waals surface area contributed by atoms with Crippen LogP contribution in [-0.2, 0) is 24.1 Å². The molecule has 22 heavy (non-hydrogen) atoms. The summed E-state index contributed by atoms with van der Waals surface area (Å²) in [5.74, 6) is 1.04. The molecule has 3 nitrogen and oxygen atoms in total. The Hall–Kier alpha value is -1.35. The minimum absolute atomic E-state index is 0.304. The van der Waals surface area contributed by atoms with Crippen LogP contribution in [0.4, 0.5) is 0 Å². The molecule has 1 saturated heterocycles. The van der Waals surface area contributed by atoms with Gasteiger partial charge in [0.1, 0.15) is 0 Å². The van der Waals surface area contributed by atoms with Crippen LogP contribution >= 0.6 is 0 Å². The van der Waals surface area contributed by atoms with Crippen molar-refractivity contribution >= 4 is 5.91 Å². The Kier molecular flexibility index (Phi) is 5.14. The third kappa shape index (κ3) is 3.70. The number of hydrogen-bond donors (Lipinski definition) is 1. The minimum Gasteiger partial charge on any atom is -0.342 e. The van der Waals surface area contributed by atoms with Crippen LogP contribution in [0.15, 0.2) is 18.2 Å². The van der Waals surface area contributed by atoms with Crippen molar-refractivity contribution in [1.82, 2.24) is 10.2 Å². The lowest BCUT2D eigenvalue weighted by atomic mass is 9.90. The number of hydrogen-bond acceptors (Lipinski definition) is 2. The Morgan fingerprint density at radius 2 is 1.91 bits per heavy atom. The van der Waals surface area contributed by atoms with Crippen LogP contribution in [0.3, 0.4) is 0 Å². The summed E-state index contributed by atoms with van der Waals surface area (Å²) in [6.45, 7) is 2.93. The molecule has 1 aromatic rings. The third-order valence-corrected chi connectivity index (χ3v) is 5.23. The van der Waals surface area contributed by atoms with E-state index in [0.717, 1.165) is 38.4 Å². The standard InChI is InChI=1S/C19H28N2O/c1-20-14-15-8-10-21(11-9-15)19(22)13-16-6-7-17-4-2-3-5-18(17)12-16/h6-7,12,15,20H,2-5,8-11,13-14H2,1H3. The molecule has 1 aliphatic heterocycles. The van der Waals surface area contributed by atoms with Gasteiger partial charge in [0, 0.05) is 13.1 Å². The van der Waals surface area contributed by atoms with Crippen molar-refractivity contribution in [3.63, 3.8) is 0 Å². The first-order valence-electron chi connectivity index (χ1n) is 8.79. The normalized spacial score (nSPS) is 19.0. The molecule has 120 valence electrons. The van der Waals surface area contributed by atoms with E-state index in [1.165, 1.54) is 42.4 Å². The van der Waals surface area contributed by atoms with Crippen molar-refractivity contribution in [2.24, 2.45) is 5.92 Å². The van der Waals surface area contributed by atoms with Crippen LogP contribution in [0.1, 0.15) is 42.4 Å². The number of piperidine rings is 1. The molecular weight excluding hydrogens is 272 g/mol. The molecule has 1 N–H and O–H groups in total. The summed E-state index contributed by atoms with van der Waals surface area (Å²) in [6, 6.07) is 6.69. The number of nitrogens with zero attached hydrogens (tertiary/aromatic N) is 1. The summed E-state index contributed by atoms with van der Waals surface area (Å²) in [4.78, 5) is 14.6. The summed E-state index contributed by atoms with van der Waals surface area (Å²) >= 11 is 0. The van der Waals surface area contributed by atoms with Gasteiger partial charge in [-0.25, -0.2) is 0 Å². The molecule has 0 spiro atoms. The molecule has 1 amide bonds. The highest BCUT2D eigenvalue weighted by Crippen LogP contribution is 2.23. The molecule has 1 fully saturated rings. The highest BCUT2D eigenvalue weighted by molar-refractivity contribution is 5.79. The number of aryl methyl sites for hydroxylation is 2. The van der Waals surface area contributed by atoms with Crippen molar-refractivity contribution in [2.45, 2.75) is 44.9 Å². The van der Waals surface area contributed by atoms with Crippen molar-refractivity contribution in [1.29, 1.82) is 0 Å². The van der Waals surface area contributed by atoms with E-state index >= 15 is 0 Å². The Bertz CT molecular complexity index is 518. The van der Waals surface area contributed by atoms with Gasteiger partial charge in [0.25, 0.3) is 0 Å². The van der Waals surface area contributed by atoms with Gasteiger partial charge in [-0.05, 0) is 74.7 Å². The van der Waals surface area contributed by atoms with Crippen LogP contribution in [0, 0.1) is 5.92 Å². The molecule has 0 radical (unpaired) electrons. The van der Waals surface area contributed by atoms with Gasteiger partial charge in [-0.15, -0.1) is 0 Å². The van der Waals surface area contributed by atoms with E-state index in [4.69, 9.17) is 0 Å². The number of likely N-dealkylation sites (tertiary alicyclic amines) is 1. The van der Waals surface area contributed by atoms with Crippen LogP contribution in [0.5, 0.6) is 0 Å². The lowest BCUT2D eigenvalue weighted by Gasteiger charge is -2.32. The lowest BCUT2D eigenvalue weighted by Crippen LogP contribution is -2.41. The Morgan fingerprint density at radius 1 is 1.18 bits per heavy atom. The number of carbonyl (C=O) groups is 1. The number of carbonyl (C=O) groups excluding carboxylic acids is 1. The molecule has 0 unspecified atom stereocenters. The van der Waals surface area contributed by atoms with E-state index in [1.807, 2.05) is 7.05 Å². The first-order valence-corrected chi connectivity index (χ1v) is 8.79. The third-order valence-electron chi connectivity index (χ3n) is 5.23. The average molecular weight is 300 g/mol. The van der Waals surface area contributed by atoms with E-state index in [2.05, 4.69) is 28.4 Å². The van der Waals surface area contributed by atoms with E-state index in [-0.39, 0.29) is 0 Å². The van der Waals surface area contributed by atoms with Crippen molar-refractivity contribution in [2.75, 3.05) is 26.7 Å². The fraction of sp³-hybridized carbons (Fsp3) is 0.632. The Labute approximate surface area is 134 Å². The molecular formula is C19H28N2O. The highest BCUT2D eigenvalue weighted by atomic mass is 16.2. The van der Waals surface area contributed by atoms with Crippen molar-refractivity contribution < 1.29 is 4.79 Å². The fourth-order valence-electron chi connectivity index (χ4n) is 3.86. The Morgan fingerprint density at radius 3 is 2.64 bits per heavy atom. The maximum Gasteiger partial charge on any atom is 0.226 e. The zero-order chi connectivity index (χ0) is 15.4. The maximum absolute atomic E-state index is 12.5. The molecule has 3 rings (SSSR count). The molecule has 1 heterocycles. The van der Waals surface area contributed by atoms with Gasteiger partial charge in [0.05, 0.1) is 6.42 Å². The Balaban J connectivity index is 1.56. The van der Waals surface area contributed by atoms with E-state index in [0.29, 0.717) is 12.3 Å². The SMILES string of the molecule is CNCC1CCN(C(=O)Cc2ccc3c(c2)CCCC3)CC1. The first-order chi connectivity index (χ1) is 10.8. The average Bonchev–Trinajstić information content (AvgIpc) is 2.56. The van der Waals surface area contributed by atoms with Gasteiger partial charge in [-0.3, -0.25) is 4.79 Å². The van der Waals surface area contributed by atoms with Crippen LogP contribution in [-0.4, -0.2) is 37.5 Å². The fourth-order valence-corrected chi connectivity index (χ4v) is 3.86. The predicted molar refractivity (Wildman–Crippen MR) is 90.0 cm³/mol. The van der Waals surface area contributed by atoms with Gasteiger partial charge in [0.15, 0.2) is 0 Å². The van der Waals surface area contributed by atoms with E-state index < -0.39 is 0 Å². The zero-order valence-corrected chi connectivity index (χ0v) is 13.7. The van der Waals surface area contributed by atoms with Gasteiger partial charge in [0.2, 0.25) is 5.91 Å². The van der Waals surface area contributed by atoms with Crippen LogP contribution < -0.4 is 5.32 Å². The summed E-state index contributed by atoms with van der Waals surface area (Å²) < 4.78 is 0. The molecule has 0 bridgehead atoms. The van der Waals surface area contributed by atoms with Gasteiger partial charge in [-0.2, -0.15) is 0 Å². The number of nitrogens with one attached hydrogen (secondary N) is 1. The molecule has 1 aliphatic carbocycles. The van der Waals surface area contributed by atoms with Gasteiger partial charge < -0.3 is 10.2 Å². The largest absolute Gasteiger partial charge is 0.342 e. The predicted octanol–water partition coefficient (Wildman–Crippen LogP) is 2.57. The topological polar surface area (TPSA) is 32.3 Å². The second-order valence-corrected chi connectivity index (χ2v) is 6.87. The molecule has 2 aliphatic rings. The smallest absolute Gasteiger partial charge is 0.226 e. The summed E-state index contributed by atoms with van der Waals surface area (Å²) in [5, 5.41) is 3.25. The molecule has 0 aromatic heterocycles. The summed E-state index contributed by atoms with van der Waals surface area (Å²) in [7, 11) is 2.01. The summed E-state index contributed by atoms with van der Waals surface area (Å²) in [6.07, 6.45) is 7.85. The summed E-state index contributed by atoms with van der Waals surface area (Å²) in [5.41, 5.74) is 4.17. The number of fused-ring (bicyclic) bond motifs is 1. The van der Waals surface area contributed by atoms with Gasteiger partial charge >= 0.3 is 0 Å². The first kappa shape index (κ1) is 15.5. The van der Waals surface area contributed by atoms with Crippen molar-refractivity contribution in [3.8, 4) is 0 Å². The number of amides is 1. The molecule has 3 heteroatoms. The van der Waals surface area contributed by atoms with E-state index in [9.17, 15) is 4.79 Å². The second kappa shape index (κ2) is 7.28. The second-order valence-electron chi connectivity index (χ2n) is 6.87. The van der Waals surface area contributed by atoms with E-state index in [1.54, 1.807) is 0 Å². The number of benzene rings is 1. The van der Waals surface area contributed by atoms with Gasteiger partial charge in [-0.1, -0.05) is 18.2 Å². The molecule has 0 saturated carbocycles. The highest BCUT2D eigenvalue weighted by Gasteiger charge is 2.22. The van der Waals surface area contributed by atoms with Crippen molar-refractivity contribution in [3.05, 3.63) is 34.9 Å². The quantitative estimate of drug-likeness (QED) is 0.927. The monoisotopic (exact) mass is 300 g/mol. The zero-order valence-electron chi connectivity index (χ0n) is 13.7. The molecule has 1 aromatic carbocycles. The number of rotatable bonds is 4. The minimum atomic E-state index is 0.304.